The number of para-hydroxylation sites is 1. The Bertz CT molecular complexity index is 1310. The first-order valence-corrected chi connectivity index (χ1v) is 9.27. The Morgan fingerprint density at radius 2 is 1.94 bits per heavy atom. The first-order chi connectivity index (χ1) is 15.1. The number of aromatic nitrogens is 2. The van der Waals surface area contributed by atoms with Gasteiger partial charge in [0.2, 0.25) is 0 Å². The van der Waals surface area contributed by atoms with Gasteiger partial charge in [0.1, 0.15) is 11.4 Å². The number of nitro groups is 1. The summed E-state index contributed by atoms with van der Waals surface area (Å²) in [6, 6.07) is 19.3. The number of hydrogen-bond acceptors (Lipinski definition) is 6. The second-order valence-corrected chi connectivity index (χ2v) is 6.55. The van der Waals surface area contributed by atoms with Gasteiger partial charge in [-0.3, -0.25) is 20.0 Å². The van der Waals surface area contributed by atoms with Crippen molar-refractivity contribution in [3.05, 3.63) is 88.1 Å². The number of H-pyrrole nitrogens is 1. The highest BCUT2D eigenvalue weighted by molar-refractivity contribution is 6.00. The van der Waals surface area contributed by atoms with Gasteiger partial charge in [0.05, 0.1) is 35.1 Å². The maximum Gasteiger partial charge on any atom is 0.289 e. The van der Waals surface area contributed by atoms with Crippen molar-refractivity contribution < 1.29 is 14.5 Å². The zero-order valence-corrected chi connectivity index (χ0v) is 16.4. The lowest BCUT2D eigenvalue weighted by Gasteiger charge is -2.09. The number of amides is 1. The molecule has 0 unspecified atom stereocenters. The third-order valence-electron chi connectivity index (χ3n) is 4.69. The van der Waals surface area contributed by atoms with Crippen LogP contribution in [0.3, 0.4) is 0 Å². The van der Waals surface area contributed by atoms with Gasteiger partial charge in [0.15, 0.2) is 0 Å². The standard InChI is InChI=1S/C22H17N5O4/c1-31-20-11-10-14-6-2-4-8-16(14)21(20)17-12-18(25-24-17)22(28)26-23-13-15-7-3-5-9-19(15)27(29)30/h2-13H,1H3,(H,24,25)(H,26,28). The second kappa shape index (κ2) is 8.46. The Kier molecular flexibility index (Phi) is 5.39. The molecule has 2 N–H and O–H groups in total. The van der Waals surface area contributed by atoms with Crippen LogP contribution < -0.4 is 10.2 Å². The zero-order chi connectivity index (χ0) is 21.8. The summed E-state index contributed by atoms with van der Waals surface area (Å²) < 4.78 is 5.49. The molecule has 3 aromatic carbocycles. The molecule has 31 heavy (non-hydrogen) atoms. The average Bonchev–Trinajstić information content (AvgIpc) is 3.28. The molecular weight excluding hydrogens is 398 g/mol. The molecule has 9 heteroatoms. The lowest BCUT2D eigenvalue weighted by molar-refractivity contribution is -0.385. The molecule has 0 aliphatic carbocycles. The van der Waals surface area contributed by atoms with Crippen LogP contribution in [0.15, 0.2) is 71.8 Å². The van der Waals surface area contributed by atoms with E-state index in [-0.39, 0.29) is 16.9 Å². The molecule has 0 saturated heterocycles. The van der Waals surface area contributed by atoms with Gasteiger partial charge in [-0.15, -0.1) is 0 Å². The summed E-state index contributed by atoms with van der Waals surface area (Å²) >= 11 is 0. The highest BCUT2D eigenvalue weighted by Crippen LogP contribution is 2.36. The van der Waals surface area contributed by atoms with Crippen molar-refractivity contribution in [1.82, 2.24) is 15.6 Å². The number of ether oxygens (including phenoxy) is 1. The van der Waals surface area contributed by atoms with E-state index in [0.29, 0.717) is 11.4 Å². The average molecular weight is 415 g/mol. The van der Waals surface area contributed by atoms with Crippen molar-refractivity contribution >= 4 is 28.6 Å². The number of hydrazone groups is 1. The Hall–Kier alpha value is -4.53. The van der Waals surface area contributed by atoms with Crippen molar-refractivity contribution in [3.63, 3.8) is 0 Å². The molecule has 154 valence electrons. The molecule has 0 atom stereocenters. The summed E-state index contributed by atoms with van der Waals surface area (Å²) in [5.41, 5.74) is 4.01. The highest BCUT2D eigenvalue weighted by Gasteiger charge is 2.16. The summed E-state index contributed by atoms with van der Waals surface area (Å²) in [7, 11) is 1.57. The quantitative estimate of drug-likeness (QED) is 0.281. The Balaban J connectivity index is 1.58. The van der Waals surface area contributed by atoms with E-state index in [1.54, 1.807) is 25.3 Å². The van der Waals surface area contributed by atoms with Crippen LogP contribution in [0.4, 0.5) is 5.69 Å². The largest absolute Gasteiger partial charge is 0.496 e. The van der Waals surface area contributed by atoms with Gasteiger partial charge in [0, 0.05) is 6.07 Å². The van der Waals surface area contributed by atoms with E-state index in [4.69, 9.17) is 4.74 Å². The number of carbonyl (C=O) groups is 1. The van der Waals surface area contributed by atoms with Crippen LogP contribution in [0, 0.1) is 10.1 Å². The summed E-state index contributed by atoms with van der Waals surface area (Å²) in [5.74, 6) is 0.0966. The van der Waals surface area contributed by atoms with E-state index >= 15 is 0 Å². The maximum atomic E-state index is 12.5. The number of nitrogens with one attached hydrogen (secondary N) is 2. The van der Waals surface area contributed by atoms with E-state index in [2.05, 4.69) is 20.7 Å². The van der Waals surface area contributed by atoms with Crippen molar-refractivity contribution in [2.75, 3.05) is 7.11 Å². The number of nitro benzene ring substituents is 1. The molecule has 0 radical (unpaired) electrons. The number of benzene rings is 3. The van der Waals surface area contributed by atoms with Crippen LogP contribution in [0.5, 0.6) is 5.75 Å². The summed E-state index contributed by atoms with van der Waals surface area (Å²) in [6.07, 6.45) is 1.22. The minimum Gasteiger partial charge on any atom is -0.496 e. The predicted molar refractivity (Wildman–Crippen MR) is 116 cm³/mol. The molecule has 0 bridgehead atoms. The molecule has 1 heterocycles. The SMILES string of the molecule is COc1ccc2ccccc2c1-c1cc(C(=O)NN=Cc2ccccc2[N+](=O)[O-])[nH]n1. The summed E-state index contributed by atoms with van der Waals surface area (Å²) in [6.45, 7) is 0. The van der Waals surface area contributed by atoms with Crippen LogP contribution >= 0.6 is 0 Å². The van der Waals surface area contributed by atoms with Crippen molar-refractivity contribution in [3.8, 4) is 17.0 Å². The van der Waals surface area contributed by atoms with Crippen molar-refractivity contribution in [1.29, 1.82) is 0 Å². The van der Waals surface area contributed by atoms with Crippen molar-refractivity contribution in [2.45, 2.75) is 0 Å². The van der Waals surface area contributed by atoms with E-state index in [1.165, 1.54) is 18.3 Å². The molecule has 1 aromatic heterocycles. The van der Waals surface area contributed by atoms with Gasteiger partial charge in [-0.05, 0) is 29.0 Å². The van der Waals surface area contributed by atoms with E-state index < -0.39 is 10.8 Å². The Morgan fingerprint density at radius 3 is 2.74 bits per heavy atom. The normalized spacial score (nSPS) is 11.0. The molecule has 0 fully saturated rings. The van der Waals surface area contributed by atoms with E-state index in [0.717, 1.165) is 16.3 Å². The highest BCUT2D eigenvalue weighted by atomic mass is 16.6. The molecular formula is C22H17N5O4. The van der Waals surface area contributed by atoms with E-state index in [9.17, 15) is 14.9 Å². The predicted octanol–water partition coefficient (Wildman–Crippen LogP) is 3.91. The van der Waals surface area contributed by atoms with Gasteiger partial charge in [0.25, 0.3) is 11.6 Å². The molecule has 0 aliphatic rings. The van der Waals surface area contributed by atoms with Gasteiger partial charge in [-0.25, -0.2) is 5.43 Å². The van der Waals surface area contributed by atoms with Crippen LogP contribution in [0.1, 0.15) is 16.1 Å². The molecule has 0 spiro atoms. The fraction of sp³-hybridized carbons (Fsp3) is 0.0455. The smallest absolute Gasteiger partial charge is 0.289 e. The van der Waals surface area contributed by atoms with Crippen molar-refractivity contribution in [2.24, 2.45) is 5.10 Å². The monoisotopic (exact) mass is 415 g/mol. The van der Waals surface area contributed by atoms with E-state index in [1.807, 2.05) is 36.4 Å². The fourth-order valence-electron chi connectivity index (χ4n) is 3.24. The van der Waals surface area contributed by atoms with Gasteiger partial charge < -0.3 is 4.74 Å². The number of nitrogens with zero attached hydrogens (tertiary/aromatic N) is 3. The maximum absolute atomic E-state index is 12.5. The molecule has 9 nitrogen and oxygen atoms in total. The number of methoxy groups -OCH3 is 1. The van der Waals surface area contributed by atoms with Gasteiger partial charge in [-0.1, -0.05) is 42.5 Å². The minimum atomic E-state index is -0.534. The topological polar surface area (TPSA) is 123 Å². The molecule has 4 aromatic rings. The minimum absolute atomic E-state index is 0.104. The Labute approximate surface area is 176 Å². The Morgan fingerprint density at radius 1 is 1.16 bits per heavy atom. The first-order valence-electron chi connectivity index (χ1n) is 9.27. The molecule has 1 amide bonds. The fourth-order valence-corrected chi connectivity index (χ4v) is 3.24. The second-order valence-electron chi connectivity index (χ2n) is 6.55. The van der Waals surface area contributed by atoms with Crippen LogP contribution in [0.25, 0.3) is 22.0 Å². The number of fused-ring (bicyclic) bond motifs is 1. The van der Waals surface area contributed by atoms with Gasteiger partial charge >= 0.3 is 0 Å². The number of aromatic amines is 1. The molecule has 0 aliphatic heterocycles. The molecule has 0 saturated carbocycles. The number of carbonyl (C=O) groups excluding carboxylic acids is 1. The van der Waals surface area contributed by atoms with Crippen LogP contribution in [0.2, 0.25) is 0 Å². The van der Waals surface area contributed by atoms with Crippen LogP contribution in [-0.2, 0) is 0 Å². The lowest BCUT2D eigenvalue weighted by Crippen LogP contribution is -2.18. The lowest BCUT2D eigenvalue weighted by atomic mass is 10.0. The van der Waals surface area contributed by atoms with Gasteiger partial charge in [-0.2, -0.15) is 10.2 Å². The summed E-state index contributed by atoms with van der Waals surface area (Å²) in [5, 5.41) is 23.8. The third kappa shape index (κ3) is 3.97. The van der Waals surface area contributed by atoms with Crippen LogP contribution in [-0.4, -0.2) is 34.4 Å². The number of rotatable bonds is 6. The summed E-state index contributed by atoms with van der Waals surface area (Å²) in [4.78, 5) is 23.0. The number of hydrogen-bond donors (Lipinski definition) is 2. The molecule has 4 rings (SSSR count). The zero-order valence-electron chi connectivity index (χ0n) is 16.4. The third-order valence-corrected chi connectivity index (χ3v) is 4.69. The first kappa shape index (κ1) is 19.8.